The first-order valence-electron chi connectivity index (χ1n) is 6.98. The number of nitro groups is 1. The largest absolute Gasteiger partial charge is 0.402 e. The van der Waals surface area contributed by atoms with E-state index in [4.69, 9.17) is 4.74 Å². The maximum atomic E-state index is 12.0. The molecule has 1 aliphatic heterocycles. The molecule has 6 nitrogen and oxygen atoms in total. The van der Waals surface area contributed by atoms with Crippen LogP contribution in [0.1, 0.15) is 16.7 Å². The van der Waals surface area contributed by atoms with E-state index < -0.39 is 10.9 Å². The molecule has 0 bridgehead atoms. The number of esters is 1. The first-order chi connectivity index (χ1) is 11.5. The van der Waals surface area contributed by atoms with Gasteiger partial charge in [0.25, 0.3) is 5.69 Å². The lowest BCUT2D eigenvalue weighted by Crippen LogP contribution is -2.08. The number of ether oxygens (including phenoxy) is 1. The summed E-state index contributed by atoms with van der Waals surface area (Å²) in [6.45, 7) is 1.60. The average Bonchev–Trinajstić information content (AvgIpc) is 2.88. The lowest BCUT2D eigenvalue weighted by atomic mass is 10.1. The van der Waals surface area contributed by atoms with Gasteiger partial charge in [0.05, 0.1) is 4.92 Å². The molecule has 0 atom stereocenters. The Bertz CT molecular complexity index is 919. The third-order valence-electron chi connectivity index (χ3n) is 3.50. The van der Waals surface area contributed by atoms with Crippen LogP contribution in [0.3, 0.4) is 0 Å². The van der Waals surface area contributed by atoms with Gasteiger partial charge in [0.15, 0.2) is 5.70 Å². The van der Waals surface area contributed by atoms with E-state index in [9.17, 15) is 14.9 Å². The Morgan fingerprint density at radius 2 is 2.00 bits per heavy atom. The van der Waals surface area contributed by atoms with Crippen LogP contribution in [0, 0.1) is 17.0 Å². The summed E-state index contributed by atoms with van der Waals surface area (Å²) < 4.78 is 6.06. The summed E-state index contributed by atoms with van der Waals surface area (Å²) in [7, 11) is 0. The molecule has 24 heavy (non-hydrogen) atoms. The second kappa shape index (κ2) is 6.37. The van der Waals surface area contributed by atoms with E-state index >= 15 is 0 Å². The highest BCUT2D eigenvalue weighted by molar-refractivity contribution is 9.10. The van der Waals surface area contributed by atoms with Gasteiger partial charge in [-0.15, -0.1) is 0 Å². The van der Waals surface area contributed by atoms with Gasteiger partial charge in [-0.05, 0) is 36.8 Å². The van der Waals surface area contributed by atoms with Crippen LogP contribution in [0.5, 0.6) is 0 Å². The van der Waals surface area contributed by atoms with Crippen LogP contribution in [-0.2, 0) is 9.53 Å². The van der Waals surface area contributed by atoms with Gasteiger partial charge in [-0.2, -0.15) is 0 Å². The quantitative estimate of drug-likeness (QED) is 0.345. The predicted octanol–water partition coefficient (Wildman–Crippen LogP) is 4.01. The number of carbonyl (C=O) groups is 1. The SMILES string of the molecule is Cc1c(C2=N/C(=C/c3cccc(Br)c3)C(=O)O2)cccc1[N+](=O)[O-]. The van der Waals surface area contributed by atoms with Gasteiger partial charge in [-0.1, -0.05) is 34.1 Å². The van der Waals surface area contributed by atoms with E-state index in [1.54, 1.807) is 19.1 Å². The standard InChI is InChI=1S/C17H11BrN2O4/c1-10-13(6-3-7-15(10)20(22)23)16-19-14(17(21)24-16)9-11-4-2-5-12(18)8-11/h2-9H,1H3/b14-9+. The van der Waals surface area contributed by atoms with Crippen LogP contribution in [0.15, 0.2) is 57.6 Å². The maximum Gasteiger partial charge on any atom is 0.363 e. The zero-order valence-electron chi connectivity index (χ0n) is 12.5. The summed E-state index contributed by atoms with van der Waals surface area (Å²) in [6, 6.07) is 11.9. The molecule has 7 heteroatoms. The van der Waals surface area contributed by atoms with Gasteiger partial charge in [0.1, 0.15) is 0 Å². The van der Waals surface area contributed by atoms with Crippen molar-refractivity contribution < 1.29 is 14.5 Å². The third-order valence-corrected chi connectivity index (χ3v) is 4.00. The number of rotatable bonds is 3. The van der Waals surface area contributed by atoms with Crippen molar-refractivity contribution in [1.82, 2.24) is 0 Å². The molecule has 1 aliphatic rings. The molecule has 0 saturated carbocycles. The van der Waals surface area contributed by atoms with E-state index in [1.807, 2.05) is 24.3 Å². The van der Waals surface area contributed by atoms with Crippen LogP contribution >= 0.6 is 15.9 Å². The van der Waals surface area contributed by atoms with Crippen molar-refractivity contribution in [1.29, 1.82) is 0 Å². The molecule has 1 heterocycles. The Labute approximate surface area is 145 Å². The van der Waals surface area contributed by atoms with Crippen molar-refractivity contribution in [3.63, 3.8) is 0 Å². The highest BCUT2D eigenvalue weighted by Gasteiger charge is 2.27. The minimum Gasteiger partial charge on any atom is -0.402 e. The second-order valence-electron chi connectivity index (χ2n) is 5.10. The zero-order chi connectivity index (χ0) is 17.3. The minimum atomic E-state index is -0.587. The molecule has 3 rings (SSSR count). The fraction of sp³-hybridized carbons (Fsp3) is 0.0588. The number of benzene rings is 2. The number of hydrogen-bond acceptors (Lipinski definition) is 5. The molecule has 2 aromatic rings. The first kappa shape index (κ1) is 16.1. The van der Waals surface area contributed by atoms with Crippen LogP contribution in [0.4, 0.5) is 5.69 Å². The van der Waals surface area contributed by atoms with E-state index in [2.05, 4.69) is 20.9 Å². The van der Waals surface area contributed by atoms with Crippen LogP contribution in [0.25, 0.3) is 6.08 Å². The molecular weight excluding hydrogens is 376 g/mol. The van der Waals surface area contributed by atoms with Gasteiger partial charge in [0.2, 0.25) is 5.90 Å². The Morgan fingerprint density at radius 1 is 1.25 bits per heavy atom. The molecule has 0 fully saturated rings. The normalized spacial score (nSPS) is 15.3. The number of nitrogens with zero attached hydrogens (tertiary/aromatic N) is 2. The van der Waals surface area contributed by atoms with Crippen LogP contribution in [-0.4, -0.2) is 16.8 Å². The number of halogens is 1. The Hall–Kier alpha value is -2.80. The Balaban J connectivity index is 2.01. The van der Waals surface area contributed by atoms with Crippen molar-refractivity contribution in [3.05, 3.63) is 79.4 Å². The maximum absolute atomic E-state index is 12.0. The van der Waals surface area contributed by atoms with E-state index in [1.165, 1.54) is 12.1 Å². The van der Waals surface area contributed by atoms with Gasteiger partial charge >= 0.3 is 5.97 Å². The molecule has 0 aromatic heterocycles. The lowest BCUT2D eigenvalue weighted by Gasteiger charge is -2.04. The highest BCUT2D eigenvalue weighted by Crippen LogP contribution is 2.26. The highest BCUT2D eigenvalue weighted by atomic mass is 79.9. The molecule has 0 N–H and O–H groups in total. The first-order valence-corrected chi connectivity index (χ1v) is 7.77. The summed E-state index contributed by atoms with van der Waals surface area (Å²) >= 11 is 3.36. The molecule has 2 aromatic carbocycles. The minimum absolute atomic E-state index is 0.0457. The summed E-state index contributed by atoms with van der Waals surface area (Å²) in [5.74, 6) is -0.515. The fourth-order valence-electron chi connectivity index (χ4n) is 2.33. The summed E-state index contributed by atoms with van der Waals surface area (Å²) in [5, 5.41) is 11.0. The summed E-state index contributed by atoms with van der Waals surface area (Å²) in [6.07, 6.45) is 1.60. The van der Waals surface area contributed by atoms with Gasteiger partial charge in [0, 0.05) is 21.7 Å². The van der Waals surface area contributed by atoms with Crippen molar-refractivity contribution in [2.75, 3.05) is 0 Å². The Kier molecular flexibility index (Phi) is 4.26. The van der Waals surface area contributed by atoms with Crippen LogP contribution < -0.4 is 0 Å². The van der Waals surface area contributed by atoms with Gasteiger partial charge in [-0.3, -0.25) is 10.1 Å². The Morgan fingerprint density at radius 3 is 2.71 bits per heavy atom. The monoisotopic (exact) mass is 386 g/mol. The molecule has 120 valence electrons. The van der Waals surface area contributed by atoms with Crippen LogP contribution in [0.2, 0.25) is 0 Å². The smallest absolute Gasteiger partial charge is 0.363 e. The second-order valence-corrected chi connectivity index (χ2v) is 6.01. The number of cyclic esters (lactones) is 1. The molecule has 0 aliphatic carbocycles. The zero-order valence-corrected chi connectivity index (χ0v) is 14.1. The van der Waals surface area contributed by atoms with Crippen molar-refractivity contribution in [2.24, 2.45) is 4.99 Å². The summed E-state index contributed by atoms with van der Waals surface area (Å²) in [5.41, 5.74) is 1.72. The van der Waals surface area contributed by atoms with Crippen molar-refractivity contribution >= 4 is 39.6 Å². The average molecular weight is 387 g/mol. The van der Waals surface area contributed by atoms with Crippen molar-refractivity contribution in [2.45, 2.75) is 6.92 Å². The molecule has 0 spiro atoms. The molecule has 0 amide bonds. The number of carbonyl (C=O) groups excluding carboxylic acids is 1. The molecule has 0 unspecified atom stereocenters. The number of hydrogen-bond donors (Lipinski definition) is 0. The molecule has 0 saturated heterocycles. The lowest BCUT2D eigenvalue weighted by molar-refractivity contribution is -0.385. The fourth-order valence-corrected chi connectivity index (χ4v) is 2.75. The topological polar surface area (TPSA) is 81.8 Å². The van der Waals surface area contributed by atoms with E-state index in [0.717, 1.165) is 10.0 Å². The van der Waals surface area contributed by atoms with E-state index in [-0.39, 0.29) is 17.3 Å². The molecule has 0 radical (unpaired) electrons. The predicted molar refractivity (Wildman–Crippen MR) is 92.6 cm³/mol. The van der Waals surface area contributed by atoms with Gasteiger partial charge < -0.3 is 4.74 Å². The molecular formula is C17H11BrN2O4. The number of aliphatic imine (C=N–C) groups is 1. The van der Waals surface area contributed by atoms with Gasteiger partial charge in [-0.25, -0.2) is 9.79 Å². The van der Waals surface area contributed by atoms with Crippen molar-refractivity contribution in [3.8, 4) is 0 Å². The summed E-state index contributed by atoms with van der Waals surface area (Å²) in [4.78, 5) is 26.8. The number of nitro benzene ring substituents is 1. The van der Waals surface area contributed by atoms with E-state index in [0.29, 0.717) is 11.1 Å². The third kappa shape index (κ3) is 3.11.